The maximum absolute atomic E-state index is 4.94. The standard InChI is InChI=1S/C6H5N2O2/c1-3-8(10-4-1)6-7-2-5-9-6/h1-5H/q+1. The Bertz CT molecular complexity index is 253. The molecule has 4 nitrogen and oxygen atoms in total. The van der Waals surface area contributed by atoms with E-state index in [2.05, 4.69) is 4.98 Å². The van der Waals surface area contributed by atoms with Gasteiger partial charge in [0.15, 0.2) is 6.20 Å². The highest BCUT2D eigenvalue weighted by atomic mass is 16.5. The molecule has 0 aliphatic heterocycles. The predicted octanol–water partition coefficient (Wildman–Crippen LogP) is 0.544. The van der Waals surface area contributed by atoms with Gasteiger partial charge in [0.2, 0.25) is 0 Å². The molecule has 0 aromatic carbocycles. The lowest BCUT2D eigenvalue weighted by molar-refractivity contribution is -0.796. The van der Waals surface area contributed by atoms with Gasteiger partial charge < -0.3 is 8.94 Å². The molecule has 0 spiro atoms. The first-order chi connectivity index (χ1) is 4.97. The zero-order valence-electron chi connectivity index (χ0n) is 5.10. The normalized spacial score (nSPS) is 10.0. The minimum atomic E-state index is 0.435. The summed E-state index contributed by atoms with van der Waals surface area (Å²) in [5, 5.41) is 0. The van der Waals surface area contributed by atoms with E-state index in [1.807, 2.05) is 0 Å². The molecule has 0 aliphatic rings. The second kappa shape index (κ2) is 1.98. The Morgan fingerprint density at radius 3 is 3.00 bits per heavy atom. The highest BCUT2D eigenvalue weighted by Gasteiger charge is 2.11. The largest absolute Gasteiger partial charge is 0.543 e. The molecule has 0 radical (unpaired) electrons. The Hall–Kier alpha value is -1.58. The minimum Gasteiger partial charge on any atom is -0.390 e. The Labute approximate surface area is 56.7 Å². The van der Waals surface area contributed by atoms with E-state index < -0.39 is 0 Å². The zero-order chi connectivity index (χ0) is 6.81. The van der Waals surface area contributed by atoms with Gasteiger partial charge in [0, 0.05) is 6.07 Å². The van der Waals surface area contributed by atoms with Gasteiger partial charge in [-0.3, -0.25) is 0 Å². The molecule has 0 N–H and O–H groups in total. The molecule has 0 saturated carbocycles. The summed E-state index contributed by atoms with van der Waals surface area (Å²) >= 11 is 0. The van der Waals surface area contributed by atoms with Crippen molar-refractivity contribution in [3.05, 3.63) is 31.0 Å². The van der Waals surface area contributed by atoms with Gasteiger partial charge in [-0.25, -0.2) is 0 Å². The summed E-state index contributed by atoms with van der Waals surface area (Å²) in [6.07, 6.45) is 6.31. The Morgan fingerprint density at radius 2 is 2.40 bits per heavy atom. The van der Waals surface area contributed by atoms with Crippen molar-refractivity contribution in [2.45, 2.75) is 0 Å². The van der Waals surface area contributed by atoms with Gasteiger partial charge in [0.05, 0.1) is 0 Å². The third-order valence-electron chi connectivity index (χ3n) is 1.08. The lowest BCUT2D eigenvalue weighted by Crippen LogP contribution is -2.26. The number of hydrogen-bond acceptors (Lipinski definition) is 3. The molecule has 2 aromatic heterocycles. The smallest absolute Gasteiger partial charge is 0.390 e. The maximum atomic E-state index is 4.94. The number of oxazole rings is 1. The average molecular weight is 137 g/mol. The molecule has 0 saturated heterocycles. The van der Waals surface area contributed by atoms with Crippen molar-refractivity contribution in [3.63, 3.8) is 0 Å². The zero-order valence-corrected chi connectivity index (χ0v) is 5.10. The lowest BCUT2D eigenvalue weighted by Gasteiger charge is -1.76. The van der Waals surface area contributed by atoms with E-state index in [0.29, 0.717) is 6.01 Å². The second-order valence-electron chi connectivity index (χ2n) is 1.72. The quantitative estimate of drug-likeness (QED) is 0.539. The average Bonchev–Trinajstić information content (AvgIpc) is 2.59. The van der Waals surface area contributed by atoms with E-state index in [0.717, 1.165) is 0 Å². The monoisotopic (exact) mass is 137 g/mol. The van der Waals surface area contributed by atoms with Gasteiger partial charge in [-0.15, -0.1) is 0 Å². The fourth-order valence-corrected chi connectivity index (χ4v) is 0.683. The van der Waals surface area contributed by atoms with E-state index in [-0.39, 0.29) is 0 Å². The van der Waals surface area contributed by atoms with E-state index in [1.54, 1.807) is 24.7 Å². The molecule has 0 aliphatic carbocycles. The molecule has 0 bridgehead atoms. The third kappa shape index (κ3) is 0.699. The summed E-state index contributed by atoms with van der Waals surface area (Å²) in [7, 11) is 0. The molecule has 0 amide bonds. The van der Waals surface area contributed by atoms with Crippen LogP contribution in [0, 0.1) is 0 Å². The van der Waals surface area contributed by atoms with Crippen LogP contribution >= 0.6 is 0 Å². The molecular formula is C6H5N2O2+. The fraction of sp³-hybridized carbons (Fsp3) is 0. The van der Waals surface area contributed by atoms with Crippen molar-refractivity contribution in [1.82, 2.24) is 4.98 Å². The molecule has 2 aromatic rings. The van der Waals surface area contributed by atoms with Gasteiger partial charge >= 0.3 is 6.01 Å². The van der Waals surface area contributed by atoms with Crippen molar-refractivity contribution in [2.75, 3.05) is 0 Å². The second-order valence-corrected chi connectivity index (χ2v) is 1.72. The predicted molar refractivity (Wildman–Crippen MR) is 30.3 cm³/mol. The van der Waals surface area contributed by atoms with Crippen molar-refractivity contribution < 1.29 is 13.7 Å². The van der Waals surface area contributed by atoms with Crippen molar-refractivity contribution in [1.29, 1.82) is 0 Å². The van der Waals surface area contributed by atoms with Crippen LogP contribution < -0.4 is 4.74 Å². The van der Waals surface area contributed by atoms with Crippen molar-refractivity contribution >= 4 is 0 Å². The summed E-state index contributed by atoms with van der Waals surface area (Å²) in [6, 6.07) is 2.19. The fourth-order valence-electron chi connectivity index (χ4n) is 0.683. The summed E-state index contributed by atoms with van der Waals surface area (Å²) in [5.41, 5.74) is 0. The van der Waals surface area contributed by atoms with Crippen LogP contribution in [-0.4, -0.2) is 4.98 Å². The van der Waals surface area contributed by atoms with Gasteiger partial charge in [-0.05, 0) is 9.72 Å². The maximum Gasteiger partial charge on any atom is 0.543 e. The van der Waals surface area contributed by atoms with Crippen molar-refractivity contribution in [2.24, 2.45) is 0 Å². The van der Waals surface area contributed by atoms with E-state index >= 15 is 0 Å². The van der Waals surface area contributed by atoms with Gasteiger partial charge in [-0.2, -0.15) is 0 Å². The van der Waals surface area contributed by atoms with Crippen LogP contribution in [0.3, 0.4) is 0 Å². The van der Waals surface area contributed by atoms with E-state index in [4.69, 9.17) is 8.94 Å². The molecule has 2 rings (SSSR count). The molecule has 0 atom stereocenters. The minimum absolute atomic E-state index is 0.435. The number of nitrogens with zero attached hydrogens (tertiary/aromatic N) is 2. The van der Waals surface area contributed by atoms with Crippen LogP contribution in [-0.2, 0) is 0 Å². The number of rotatable bonds is 1. The van der Waals surface area contributed by atoms with Crippen LogP contribution in [0.25, 0.3) is 6.01 Å². The molecule has 0 fully saturated rings. The summed E-state index contributed by atoms with van der Waals surface area (Å²) in [4.78, 5) is 3.86. The van der Waals surface area contributed by atoms with E-state index in [1.165, 1.54) is 11.0 Å². The van der Waals surface area contributed by atoms with Crippen LogP contribution in [0.5, 0.6) is 0 Å². The molecule has 10 heavy (non-hydrogen) atoms. The van der Waals surface area contributed by atoms with Crippen molar-refractivity contribution in [3.8, 4) is 6.01 Å². The highest BCUT2D eigenvalue weighted by molar-refractivity contribution is 4.83. The molecular weight excluding hydrogens is 132 g/mol. The molecule has 4 heteroatoms. The van der Waals surface area contributed by atoms with E-state index in [9.17, 15) is 0 Å². The summed E-state index contributed by atoms with van der Waals surface area (Å²) < 4.78 is 11.3. The summed E-state index contributed by atoms with van der Waals surface area (Å²) in [6.45, 7) is 0. The highest BCUT2D eigenvalue weighted by Crippen LogP contribution is 1.92. The first kappa shape index (κ1) is 5.22. The van der Waals surface area contributed by atoms with Crippen LogP contribution in [0.2, 0.25) is 0 Å². The SMILES string of the molecule is c1co[n+](-c2ncco2)c1. The van der Waals surface area contributed by atoms with Gasteiger partial charge in [0.25, 0.3) is 0 Å². The molecule has 2 heterocycles. The molecule has 50 valence electrons. The first-order valence-electron chi connectivity index (χ1n) is 2.82. The number of hydrogen-bond donors (Lipinski definition) is 0. The van der Waals surface area contributed by atoms with Gasteiger partial charge in [-0.1, -0.05) is 0 Å². The Kier molecular flexibility index (Phi) is 1.04. The van der Waals surface area contributed by atoms with Crippen LogP contribution in [0.1, 0.15) is 0 Å². The topological polar surface area (TPSA) is 43.0 Å². The lowest BCUT2D eigenvalue weighted by atomic mass is 10.8. The first-order valence-corrected chi connectivity index (χ1v) is 2.82. The summed E-state index contributed by atoms with van der Waals surface area (Å²) in [5.74, 6) is 0. The van der Waals surface area contributed by atoms with Crippen LogP contribution in [0.4, 0.5) is 0 Å². The Balaban J connectivity index is 2.48. The van der Waals surface area contributed by atoms with Crippen LogP contribution in [0.15, 0.2) is 39.9 Å². The number of aromatic nitrogens is 2. The third-order valence-corrected chi connectivity index (χ3v) is 1.08. The molecule has 0 unspecified atom stereocenters. The Morgan fingerprint density at radius 1 is 1.40 bits per heavy atom. The van der Waals surface area contributed by atoms with Gasteiger partial charge in [0.1, 0.15) is 18.7 Å².